The zero-order chi connectivity index (χ0) is 19.1. The highest BCUT2D eigenvalue weighted by Gasteiger charge is 2.31. The van der Waals surface area contributed by atoms with Crippen molar-refractivity contribution in [1.29, 1.82) is 0 Å². The smallest absolute Gasteiger partial charge is 0.416 e. The Balaban J connectivity index is 2.29. The van der Waals surface area contributed by atoms with Crippen LogP contribution in [0.2, 0.25) is 5.02 Å². The van der Waals surface area contributed by atoms with Crippen LogP contribution >= 0.6 is 27.5 Å². The molecular formula is C17H9BrClF3N2O2. The van der Waals surface area contributed by atoms with E-state index in [0.717, 1.165) is 22.7 Å². The third-order valence-corrected chi connectivity index (χ3v) is 4.28. The average Bonchev–Trinajstić information content (AvgIpc) is 2.55. The van der Waals surface area contributed by atoms with Gasteiger partial charge >= 0.3 is 6.18 Å². The molecule has 0 saturated carbocycles. The fourth-order valence-electron chi connectivity index (χ4n) is 2.25. The number of alkyl halides is 3. The molecule has 2 aromatic carbocycles. The Morgan fingerprint density at radius 3 is 2.54 bits per heavy atom. The van der Waals surface area contributed by atoms with Gasteiger partial charge in [-0.15, -0.1) is 0 Å². The maximum Gasteiger partial charge on any atom is 0.416 e. The first-order valence-corrected chi connectivity index (χ1v) is 8.27. The van der Waals surface area contributed by atoms with Crippen LogP contribution in [0.4, 0.5) is 18.9 Å². The van der Waals surface area contributed by atoms with Gasteiger partial charge in [-0.3, -0.25) is 4.79 Å². The number of nitrogens with zero attached hydrogens (tertiary/aromatic N) is 1. The summed E-state index contributed by atoms with van der Waals surface area (Å²) in [6.07, 6.45) is -4.56. The number of hydrogen-bond acceptors (Lipinski definition) is 3. The molecule has 3 rings (SSSR count). The van der Waals surface area contributed by atoms with Gasteiger partial charge in [0.1, 0.15) is 11.1 Å². The van der Waals surface area contributed by atoms with E-state index in [9.17, 15) is 18.0 Å². The van der Waals surface area contributed by atoms with Crippen molar-refractivity contribution in [2.75, 3.05) is 0 Å². The number of amides is 1. The van der Waals surface area contributed by atoms with E-state index in [1.54, 1.807) is 18.2 Å². The Labute approximate surface area is 158 Å². The van der Waals surface area contributed by atoms with Crippen LogP contribution < -0.4 is 11.3 Å². The van der Waals surface area contributed by atoms with E-state index in [1.807, 2.05) is 0 Å². The Bertz CT molecular complexity index is 1090. The lowest BCUT2D eigenvalue weighted by Crippen LogP contribution is -2.21. The van der Waals surface area contributed by atoms with Crippen molar-refractivity contribution in [3.05, 3.63) is 68.6 Å². The number of hydrogen-bond donors (Lipinski definition) is 1. The van der Waals surface area contributed by atoms with E-state index >= 15 is 0 Å². The quantitative estimate of drug-likeness (QED) is 0.589. The third kappa shape index (κ3) is 3.76. The predicted octanol–water partition coefficient (Wildman–Crippen LogP) is 5.20. The Hall–Kier alpha value is -2.32. The van der Waals surface area contributed by atoms with Crippen LogP contribution in [-0.2, 0) is 6.18 Å². The standard InChI is InChI=1S/C17H9BrClF3N2O2/c18-10-2-4-14-8(5-10)6-11(15(23)25)16(26-14)24-13-7-9(17(20,21)22)1-3-12(13)19/h1-7H,(H2,23,25). The molecule has 2 N–H and O–H groups in total. The molecule has 0 radical (unpaired) electrons. The lowest BCUT2D eigenvalue weighted by atomic mass is 10.1. The summed E-state index contributed by atoms with van der Waals surface area (Å²) in [7, 11) is 0. The maximum absolute atomic E-state index is 12.9. The van der Waals surface area contributed by atoms with Gasteiger partial charge in [-0.1, -0.05) is 27.5 Å². The highest BCUT2D eigenvalue weighted by atomic mass is 79.9. The predicted molar refractivity (Wildman–Crippen MR) is 94.1 cm³/mol. The van der Waals surface area contributed by atoms with Gasteiger partial charge in [-0.25, -0.2) is 4.99 Å². The van der Waals surface area contributed by atoms with Gasteiger partial charge < -0.3 is 10.2 Å². The maximum atomic E-state index is 12.9. The Morgan fingerprint density at radius 2 is 1.88 bits per heavy atom. The summed E-state index contributed by atoms with van der Waals surface area (Å²) in [4.78, 5) is 15.7. The van der Waals surface area contributed by atoms with Crippen LogP contribution in [-0.4, -0.2) is 5.91 Å². The van der Waals surface area contributed by atoms with Gasteiger partial charge in [0.2, 0.25) is 5.55 Å². The number of primary amides is 1. The topological polar surface area (TPSA) is 68.6 Å². The van der Waals surface area contributed by atoms with Crippen molar-refractivity contribution >= 4 is 50.1 Å². The van der Waals surface area contributed by atoms with Crippen LogP contribution in [0.25, 0.3) is 11.0 Å². The fraction of sp³-hybridized carbons (Fsp3) is 0.0588. The van der Waals surface area contributed by atoms with E-state index < -0.39 is 17.6 Å². The molecule has 0 unspecified atom stereocenters. The molecular weight excluding hydrogens is 437 g/mol. The zero-order valence-electron chi connectivity index (χ0n) is 12.8. The van der Waals surface area contributed by atoms with Gasteiger partial charge in [-0.2, -0.15) is 13.2 Å². The third-order valence-electron chi connectivity index (χ3n) is 3.47. The molecule has 0 saturated heterocycles. The van der Waals surface area contributed by atoms with Crippen molar-refractivity contribution in [2.24, 2.45) is 10.7 Å². The molecule has 0 aliphatic carbocycles. The molecule has 9 heteroatoms. The lowest BCUT2D eigenvalue weighted by molar-refractivity contribution is -0.137. The molecule has 1 amide bonds. The first-order valence-electron chi connectivity index (χ1n) is 7.10. The summed E-state index contributed by atoms with van der Waals surface area (Å²) in [5, 5.41) is 0.543. The molecule has 0 aliphatic heterocycles. The van der Waals surface area contributed by atoms with Crippen LogP contribution in [0.3, 0.4) is 0 Å². The number of rotatable bonds is 2. The summed E-state index contributed by atoms with van der Waals surface area (Å²) in [6, 6.07) is 9.16. The summed E-state index contributed by atoms with van der Waals surface area (Å²) < 4.78 is 45.0. The second kappa shape index (κ2) is 6.77. The lowest BCUT2D eigenvalue weighted by Gasteiger charge is -2.08. The van der Waals surface area contributed by atoms with Crippen molar-refractivity contribution in [3.63, 3.8) is 0 Å². The normalized spacial score (nSPS) is 12.6. The molecule has 3 aromatic rings. The minimum atomic E-state index is -4.56. The van der Waals surface area contributed by atoms with E-state index in [-0.39, 0.29) is 21.8 Å². The number of carbonyl (C=O) groups excluding carboxylic acids is 1. The van der Waals surface area contributed by atoms with Crippen molar-refractivity contribution in [3.8, 4) is 0 Å². The first kappa shape index (κ1) is 18.5. The van der Waals surface area contributed by atoms with E-state index in [0.29, 0.717) is 11.0 Å². The molecule has 0 bridgehead atoms. The number of halogens is 5. The van der Waals surface area contributed by atoms with Crippen molar-refractivity contribution in [1.82, 2.24) is 0 Å². The summed E-state index contributed by atoms with van der Waals surface area (Å²) >= 11 is 9.24. The van der Waals surface area contributed by atoms with Crippen molar-refractivity contribution < 1.29 is 22.4 Å². The van der Waals surface area contributed by atoms with Gasteiger partial charge in [0, 0.05) is 9.86 Å². The second-order valence-electron chi connectivity index (χ2n) is 5.29. The molecule has 1 heterocycles. The van der Waals surface area contributed by atoms with Crippen LogP contribution in [0.5, 0.6) is 0 Å². The minimum Gasteiger partial charge on any atom is -0.438 e. The van der Waals surface area contributed by atoms with Gasteiger partial charge in [-0.05, 0) is 42.5 Å². The van der Waals surface area contributed by atoms with Gasteiger partial charge in [0.25, 0.3) is 5.91 Å². The molecule has 4 nitrogen and oxygen atoms in total. The summed E-state index contributed by atoms with van der Waals surface area (Å²) in [6.45, 7) is 0. The number of nitrogens with two attached hydrogens (primary N) is 1. The van der Waals surface area contributed by atoms with E-state index in [1.165, 1.54) is 6.07 Å². The molecule has 26 heavy (non-hydrogen) atoms. The van der Waals surface area contributed by atoms with Gasteiger partial charge in [0.15, 0.2) is 0 Å². The van der Waals surface area contributed by atoms with Crippen molar-refractivity contribution in [2.45, 2.75) is 6.18 Å². The molecule has 0 atom stereocenters. The number of carbonyl (C=O) groups is 1. The molecule has 0 spiro atoms. The van der Waals surface area contributed by atoms with E-state index in [2.05, 4.69) is 20.9 Å². The fourth-order valence-corrected chi connectivity index (χ4v) is 2.78. The molecule has 0 aliphatic rings. The highest BCUT2D eigenvalue weighted by molar-refractivity contribution is 9.10. The van der Waals surface area contributed by atoms with E-state index in [4.69, 9.17) is 21.8 Å². The largest absolute Gasteiger partial charge is 0.438 e. The summed E-state index contributed by atoms with van der Waals surface area (Å²) in [5.41, 5.74) is 4.30. The molecule has 1 aromatic heterocycles. The summed E-state index contributed by atoms with van der Waals surface area (Å²) in [5.74, 6) is -0.836. The first-order chi connectivity index (χ1) is 12.1. The molecule has 134 valence electrons. The van der Waals surface area contributed by atoms with Crippen LogP contribution in [0.15, 0.2) is 56.3 Å². The Kier molecular flexibility index (Phi) is 4.81. The van der Waals surface area contributed by atoms with Crippen LogP contribution in [0, 0.1) is 0 Å². The van der Waals surface area contributed by atoms with Gasteiger partial charge in [0.05, 0.1) is 16.3 Å². The zero-order valence-corrected chi connectivity index (χ0v) is 15.1. The monoisotopic (exact) mass is 444 g/mol. The number of fused-ring (bicyclic) bond motifs is 1. The molecule has 0 fully saturated rings. The minimum absolute atomic E-state index is 0.0282. The average molecular weight is 446 g/mol. The van der Waals surface area contributed by atoms with Crippen LogP contribution in [0.1, 0.15) is 15.9 Å². The second-order valence-corrected chi connectivity index (χ2v) is 6.61. The Morgan fingerprint density at radius 1 is 1.15 bits per heavy atom. The highest BCUT2D eigenvalue weighted by Crippen LogP contribution is 2.35. The SMILES string of the molecule is NC(=O)c1cc2cc(Br)ccc2oc1=Nc1cc(C(F)(F)F)ccc1Cl. The number of benzene rings is 2.